The minimum atomic E-state index is -1.81. The molecule has 0 amide bonds. The number of carbonyl (C=O) groups excluding carboxylic acids is 1. The van der Waals surface area contributed by atoms with Crippen LogP contribution in [0.25, 0.3) is 0 Å². The molecule has 9 N–H and O–H groups in total. The third kappa shape index (κ3) is 6.58. The molecule has 0 unspecified atom stereocenters. The summed E-state index contributed by atoms with van der Waals surface area (Å²) >= 11 is 0. The number of esters is 1. The molecule has 5 heterocycles. The van der Waals surface area contributed by atoms with Crippen molar-refractivity contribution in [1.29, 1.82) is 0 Å². The van der Waals surface area contributed by atoms with Crippen LogP contribution in [0.4, 0.5) is 0 Å². The Balaban J connectivity index is 0.834. The number of aliphatic hydroxyl groups is 9. The van der Waals surface area contributed by atoms with E-state index < -0.39 is 128 Å². The first-order valence-electron chi connectivity index (χ1n) is 22.2. The van der Waals surface area contributed by atoms with Crippen molar-refractivity contribution in [1.82, 2.24) is 0 Å². The summed E-state index contributed by atoms with van der Waals surface area (Å²) in [5.74, 6) is -1.03. The molecule has 19 heteroatoms. The Labute approximate surface area is 354 Å². The van der Waals surface area contributed by atoms with Crippen LogP contribution in [-0.2, 0) is 47.4 Å². The van der Waals surface area contributed by atoms with Crippen molar-refractivity contribution in [2.45, 2.75) is 195 Å². The lowest BCUT2D eigenvalue weighted by Crippen LogP contribution is -2.71. The first kappa shape index (κ1) is 45.0. The molecule has 348 valence electrons. The van der Waals surface area contributed by atoms with Crippen molar-refractivity contribution in [3.8, 4) is 0 Å². The van der Waals surface area contributed by atoms with Crippen LogP contribution in [0.5, 0.6) is 0 Å². The van der Waals surface area contributed by atoms with Gasteiger partial charge in [-0.2, -0.15) is 0 Å². The first-order chi connectivity index (χ1) is 28.9. The Morgan fingerprint density at radius 3 is 2.00 bits per heavy atom. The normalized spacial score (nSPS) is 58.0. The Morgan fingerprint density at radius 2 is 1.33 bits per heavy atom. The Morgan fingerprint density at radius 1 is 0.689 bits per heavy atom. The van der Waals surface area contributed by atoms with E-state index in [-0.39, 0.29) is 48.3 Å². The van der Waals surface area contributed by atoms with E-state index in [1.54, 1.807) is 6.92 Å². The maximum absolute atomic E-state index is 12.9. The molecule has 9 fully saturated rings. The van der Waals surface area contributed by atoms with E-state index in [1.165, 1.54) is 7.11 Å². The van der Waals surface area contributed by atoms with Crippen LogP contribution in [0, 0.1) is 34.0 Å². The van der Waals surface area contributed by atoms with Crippen LogP contribution in [0.2, 0.25) is 0 Å². The van der Waals surface area contributed by atoms with Gasteiger partial charge in [0.05, 0.1) is 31.8 Å². The fraction of sp³-hybridized carbons (Fsp3) is 0.976. The highest BCUT2D eigenvalue weighted by Crippen LogP contribution is 2.79. The predicted molar refractivity (Wildman–Crippen MR) is 202 cm³/mol. The van der Waals surface area contributed by atoms with Crippen molar-refractivity contribution in [2.24, 2.45) is 34.0 Å². The van der Waals surface area contributed by atoms with Gasteiger partial charge in [0, 0.05) is 23.9 Å². The summed E-state index contributed by atoms with van der Waals surface area (Å²) in [5, 5.41) is 97.4. The average molecular weight is 875 g/mol. The van der Waals surface area contributed by atoms with Gasteiger partial charge in [0.25, 0.3) is 0 Å². The molecule has 2 spiro atoms. The molecular weight excluding hydrogens is 808 g/mol. The van der Waals surface area contributed by atoms with E-state index >= 15 is 0 Å². The second kappa shape index (κ2) is 16.0. The second-order valence-electron chi connectivity index (χ2n) is 20.2. The zero-order valence-electron chi connectivity index (χ0n) is 35.3. The van der Waals surface area contributed by atoms with Crippen LogP contribution >= 0.6 is 0 Å². The molecule has 61 heavy (non-hydrogen) atoms. The summed E-state index contributed by atoms with van der Waals surface area (Å²) < 4.78 is 53.9. The fourth-order valence-electron chi connectivity index (χ4n) is 14.3. The number of carbonyl (C=O) groups is 1. The van der Waals surface area contributed by atoms with Gasteiger partial charge in [-0.15, -0.1) is 0 Å². The molecule has 4 aliphatic carbocycles. The van der Waals surface area contributed by atoms with Gasteiger partial charge in [-0.05, 0) is 82.0 Å². The van der Waals surface area contributed by atoms with Crippen molar-refractivity contribution in [2.75, 3.05) is 26.9 Å². The van der Waals surface area contributed by atoms with Crippen molar-refractivity contribution in [3.63, 3.8) is 0 Å². The minimum absolute atomic E-state index is 0.0623. The molecule has 0 radical (unpaired) electrons. The SMILES string of the molecule is CO[C@@H]1[C@H](O)[C@H](O[C@@H]2CC[C@@]3(C)[C@H](CC[C@]45CC[C@H]6[C@]7(COC(=O)C7)O[C@]4(O)[C@@]6(C)CC[C@@H]35)C2)O[C@H](C)[C@H]1O[C@H]1O[C@@H](CO)[C@H](O[C@@H]2O[C@H](CO)[C@@H](O)[C@@H](O)[C@@H]2O)[C@@H](O)[C@@H]1O. The van der Waals surface area contributed by atoms with Crippen molar-refractivity contribution in [3.05, 3.63) is 0 Å². The molecule has 5 saturated heterocycles. The Hall–Kier alpha value is -1.21. The lowest BCUT2D eigenvalue weighted by atomic mass is 9.36. The summed E-state index contributed by atoms with van der Waals surface area (Å²) in [4.78, 5) is 12.4. The smallest absolute Gasteiger partial charge is 0.308 e. The topological polar surface area (TPSA) is 282 Å². The number of rotatable bonds is 9. The summed E-state index contributed by atoms with van der Waals surface area (Å²) in [6.45, 7) is 4.97. The molecule has 19 nitrogen and oxygen atoms in total. The lowest BCUT2D eigenvalue weighted by molar-refractivity contribution is -0.382. The van der Waals surface area contributed by atoms with E-state index in [1.807, 2.05) is 0 Å². The van der Waals surface area contributed by atoms with E-state index in [2.05, 4.69) is 13.8 Å². The molecule has 24 atom stereocenters. The summed E-state index contributed by atoms with van der Waals surface area (Å²) in [6.07, 6.45) is -14.1. The maximum atomic E-state index is 12.9. The standard InChI is InChI=1S/C42H66O19/c1-18-32(59-36-30(50)28(48)33(22(16-44)58-36)60-35-29(49)27(47)26(46)21(15-43)57-35)34(53-4)31(51)37(55-18)56-20-6-9-38(2)19(13-20)5-11-40-12-8-24-39(3,10-7-23(38)40)42(40,52)61-41(24)14-25(45)54-17-41/h18-24,26-37,43-44,46-52H,5-17H2,1-4H3/t18-,19-,20-,21-,22+,23+,24-,26-,27-,28+,29+,30+,31+,32-,33+,34-,35+,36-,37+,38+,39+,40-,41+,42-/m1/s1. The van der Waals surface area contributed by atoms with Crippen LogP contribution in [0.3, 0.4) is 0 Å². The van der Waals surface area contributed by atoms with Gasteiger partial charge in [0.1, 0.15) is 79.4 Å². The highest BCUT2D eigenvalue weighted by atomic mass is 16.8. The number of fused-ring (bicyclic) bond motifs is 3. The highest BCUT2D eigenvalue weighted by molar-refractivity contribution is 5.73. The summed E-state index contributed by atoms with van der Waals surface area (Å²) in [6, 6.07) is 0. The van der Waals surface area contributed by atoms with Crippen LogP contribution in [0.15, 0.2) is 0 Å². The van der Waals surface area contributed by atoms with Gasteiger partial charge in [-0.25, -0.2) is 0 Å². The van der Waals surface area contributed by atoms with Crippen LogP contribution in [0.1, 0.15) is 85.0 Å². The number of hydrogen-bond acceptors (Lipinski definition) is 19. The molecule has 5 aliphatic heterocycles. The van der Waals surface area contributed by atoms with Gasteiger partial charge in [0.2, 0.25) is 0 Å². The number of hydrogen-bond donors (Lipinski definition) is 9. The molecule has 0 aromatic rings. The summed E-state index contributed by atoms with van der Waals surface area (Å²) in [7, 11) is 1.39. The van der Waals surface area contributed by atoms with E-state index in [9.17, 15) is 50.8 Å². The van der Waals surface area contributed by atoms with Crippen molar-refractivity contribution < 1.29 is 93.4 Å². The predicted octanol–water partition coefficient (Wildman–Crippen LogP) is -1.68. The fourth-order valence-corrected chi connectivity index (χ4v) is 14.3. The Bertz CT molecular complexity index is 1620. The molecule has 4 saturated carbocycles. The third-order valence-corrected chi connectivity index (χ3v) is 17.4. The Kier molecular flexibility index (Phi) is 11.8. The van der Waals surface area contributed by atoms with Crippen LogP contribution in [-0.4, -0.2) is 188 Å². The average Bonchev–Trinajstić information content (AvgIpc) is 3.64. The number of ether oxygens (including phenoxy) is 9. The van der Waals surface area contributed by atoms with E-state index in [4.69, 9.17) is 42.6 Å². The monoisotopic (exact) mass is 874 g/mol. The van der Waals surface area contributed by atoms with E-state index in [0.717, 1.165) is 51.4 Å². The number of methoxy groups -OCH3 is 1. The zero-order chi connectivity index (χ0) is 43.6. The van der Waals surface area contributed by atoms with Crippen LogP contribution < -0.4 is 0 Å². The molecule has 0 aromatic carbocycles. The maximum Gasteiger partial charge on any atom is 0.308 e. The van der Waals surface area contributed by atoms with E-state index in [0.29, 0.717) is 6.42 Å². The minimum Gasteiger partial charge on any atom is -0.462 e. The van der Waals surface area contributed by atoms with Gasteiger partial charge < -0.3 is 88.6 Å². The van der Waals surface area contributed by atoms with Gasteiger partial charge in [-0.1, -0.05) is 13.8 Å². The largest absolute Gasteiger partial charge is 0.462 e. The first-order valence-corrected chi connectivity index (χ1v) is 22.2. The molecule has 0 aromatic heterocycles. The van der Waals surface area contributed by atoms with Crippen molar-refractivity contribution >= 4 is 5.97 Å². The summed E-state index contributed by atoms with van der Waals surface area (Å²) in [5.41, 5.74) is -1.74. The van der Waals surface area contributed by atoms with Gasteiger partial charge >= 0.3 is 5.97 Å². The van der Waals surface area contributed by atoms with Gasteiger partial charge in [0.15, 0.2) is 24.7 Å². The quantitative estimate of drug-likeness (QED) is 0.0924. The highest BCUT2D eigenvalue weighted by Gasteiger charge is 2.82. The lowest BCUT2D eigenvalue weighted by Gasteiger charge is -2.70. The van der Waals surface area contributed by atoms with Gasteiger partial charge in [-0.3, -0.25) is 4.79 Å². The molecule has 4 bridgehead atoms. The molecule has 9 aliphatic rings. The molecular formula is C42H66O19. The molecule has 9 rings (SSSR count). The zero-order valence-corrected chi connectivity index (χ0v) is 35.3. The third-order valence-electron chi connectivity index (χ3n) is 17.4. The number of cyclic esters (lactones) is 1. The number of aliphatic hydroxyl groups excluding tert-OH is 8. The second-order valence-corrected chi connectivity index (χ2v) is 20.2.